The molecule has 1 atom stereocenters. The summed E-state index contributed by atoms with van der Waals surface area (Å²) in [6.45, 7) is 2.90. The Morgan fingerprint density at radius 2 is 1.90 bits per heavy atom. The number of aliphatic carboxylic acids is 1. The van der Waals surface area contributed by atoms with Crippen molar-refractivity contribution in [3.8, 4) is 11.5 Å². The normalized spacial score (nSPS) is 11.3. The summed E-state index contributed by atoms with van der Waals surface area (Å²) in [5.74, 6) is 0.704. The van der Waals surface area contributed by atoms with Crippen LogP contribution in [0.15, 0.2) is 24.3 Å². The van der Waals surface area contributed by atoms with E-state index >= 15 is 0 Å². The molecule has 1 aromatic carbocycles. The van der Waals surface area contributed by atoms with Crippen molar-refractivity contribution >= 4 is 18.4 Å². The summed E-state index contributed by atoms with van der Waals surface area (Å²) < 4.78 is 10.5. The first-order valence-electron chi connectivity index (χ1n) is 6.40. The molecule has 1 aromatic rings. The number of hydrogen-bond donors (Lipinski definition) is 2. The van der Waals surface area contributed by atoms with Crippen molar-refractivity contribution in [2.24, 2.45) is 0 Å². The summed E-state index contributed by atoms with van der Waals surface area (Å²) in [5, 5.41) is 11.9. The quantitative estimate of drug-likeness (QED) is 0.685. The highest BCUT2D eigenvalue weighted by Crippen LogP contribution is 2.16. The van der Waals surface area contributed by atoms with E-state index in [1.165, 1.54) is 0 Å². The van der Waals surface area contributed by atoms with Crippen molar-refractivity contribution in [3.05, 3.63) is 24.3 Å². The molecular weight excluding hydrogens is 282 g/mol. The molecule has 0 saturated heterocycles. The highest BCUT2D eigenvalue weighted by Gasteiger charge is 2.14. The summed E-state index contributed by atoms with van der Waals surface area (Å²) in [6, 6.07) is 6.78. The van der Waals surface area contributed by atoms with E-state index in [2.05, 4.69) is 5.32 Å². The van der Waals surface area contributed by atoms with Gasteiger partial charge in [-0.25, -0.2) is 0 Å². The number of ether oxygens (including phenoxy) is 2. The van der Waals surface area contributed by atoms with Crippen LogP contribution in [0.5, 0.6) is 11.5 Å². The van der Waals surface area contributed by atoms with Crippen molar-refractivity contribution in [2.75, 3.05) is 20.3 Å². The van der Waals surface area contributed by atoms with Crippen LogP contribution >= 0.6 is 12.4 Å². The highest BCUT2D eigenvalue weighted by molar-refractivity contribution is 5.85. The zero-order valence-electron chi connectivity index (χ0n) is 11.8. The van der Waals surface area contributed by atoms with Gasteiger partial charge in [-0.15, -0.1) is 12.4 Å². The van der Waals surface area contributed by atoms with Gasteiger partial charge in [-0.3, -0.25) is 4.79 Å². The lowest BCUT2D eigenvalue weighted by Crippen LogP contribution is -2.38. The van der Waals surface area contributed by atoms with Gasteiger partial charge in [0.15, 0.2) is 0 Å². The van der Waals surface area contributed by atoms with E-state index in [0.29, 0.717) is 19.6 Å². The van der Waals surface area contributed by atoms with Crippen molar-refractivity contribution in [1.82, 2.24) is 5.32 Å². The Morgan fingerprint density at radius 1 is 1.30 bits per heavy atom. The van der Waals surface area contributed by atoms with Gasteiger partial charge in [0.1, 0.15) is 24.1 Å². The fourth-order valence-electron chi connectivity index (χ4n) is 1.68. The van der Waals surface area contributed by atoms with Crippen molar-refractivity contribution in [3.63, 3.8) is 0 Å². The number of rotatable bonds is 9. The standard InChI is InChI=1S/C14H21NO4.ClH/c1-3-4-13(14(16)17)15-9-10-19-12-7-5-11(18-2)6-8-12;/h5-8,13,15H,3-4,9-10H2,1-2H3,(H,16,17);1H. The number of benzene rings is 1. The Kier molecular flexibility index (Phi) is 9.59. The lowest BCUT2D eigenvalue weighted by molar-refractivity contribution is -0.139. The first kappa shape index (κ1) is 18.5. The zero-order valence-corrected chi connectivity index (χ0v) is 12.6. The van der Waals surface area contributed by atoms with Crippen molar-refractivity contribution in [2.45, 2.75) is 25.8 Å². The Morgan fingerprint density at radius 3 is 2.40 bits per heavy atom. The van der Waals surface area contributed by atoms with E-state index in [1.807, 2.05) is 31.2 Å². The molecule has 0 heterocycles. The summed E-state index contributed by atoms with van der Waals surface area (Å²) in [7, 11) is 1.61. The molecule has 114 valence electrons. The summed E-state index contributed by atoms with van der Waals surface area (Å²) in [5.41, 5.74) is 0. The van der Waals surface area contributed by atoms with Gasteiger partial charge in [0.2, 0.25) is 0 Å². The van der Waals surface area contributed by atoms with Crippen LogP contribution < -0.4 is 14.8 Å². The molecule has 20 heavy (non-hydrogen) atoms. The number of methoxy groups -OCH3 is 1. The van der Waals surface area contributed by atoms with Crippen LogP contribution in [0.25, 0.3) is 0 Å². The minimum absolute atomic E-state index is 0. The van der Waals surface area contributed by atoms with Gasteiger partial charge in [0, 0.05) is 6.54 Å². The molecule has 5 nitrogen and oxygen atoms in total. The molecule has 0 saturated carbocycles. The molecule has 0 aliphatic carbocycles. The van der Waals surface area contributed by atoms with Crippen LogP contribution in [0, 0.1) is 0 Å². The smallest absolute Gasteiger partial charge is 0.320 e. The Balaban J connectivity index is 0.00000361. The molecule has 2 N–H and O–H groups in total. The number of carboxylic acids is 1. The minimum atomic E-state index is -0.814. The van der Waals surface area contributed by atoms with E-state index < -0.39 is 12.0 Å². The second-order valence-corrected chi connectivity index (χ2v) is 4.16. The van der Waals surface area contributed by atoms with Crippen LogP contribution in [0.2, 0.25) is 0 Å². The summed E-state index contributed by atoms with van der Waals surface area (Å²) in [4.78, 5) is 10.9. The number of nitrogens with one attached hydrogen (secondary N) is 1. The van der Waals surface area contributed by atoms with E-state index in [4.69, 9.17) is 14.6 Å². The zero-order chi connectivity index (χ0) is 14.1. The average molecular weight is 304 g/mol. The Hall–Kier alpha value is -1.46. The van der Waals surface area contributed by atoms with Gasteiger partial charge in [0.25, 0.3) is 0 Å². The van der Waals surface area contributed by atoms with Crippen LogP contribution in [0.1, 0.15) is 19.8 Å². The molecule has 0 aliphatic rings. The Labute approximate surface area is 125 Å². The number of hydrogen-bond acceptors (Lipinski definition) is 4. The number of carboxylic acid groups (broad SMARTS) is 1. The lowest BCUT2D eigenvalue weighted by atomic mass is 10.2. The number of halogens is 1. The number of carbonyl (C=O) groups is 1. The molecule has 0 aliphatic heterocycles. The molecular formula is C14H22ClNO4. The van der Waals surface area contributed by atoms with Gasteiger partial charge < -0.3 is 19.9 Å². The first-order chi connectivity index (χ1) is 9.17. The van der Waals surface area contributed by atoms with Gasteiger partial charge in [-0.05, 0) is 30.7 Å². The van der Waals surface area contributed by atoms with Crippen LogP contribution in [-0.2, 0) is 4.79 Å². The molecule has 0 radical (unpaired) electrons. The maximum absolute atomic E-state index is 10.9. The van der Waals surface area contributed by atoms with Crippen molar-refractivity contribution < 1.29 is 19.4 Å². The second kappa shape index (κ2) is 10.3. The predicted molar refractivity (Wildman–Crippen MR) is 80.1 cm³/mol. The lowest BCUT2D eigenvalue weighted by Gasteiger charge is -2.13. The molecule has 0 fully saturated rings. The highest BCUT2D eigenvalue weighted by atomic mass is 35.5. The van der Waals surface area contributed by atoms with Crippen LogP contribution in [-0.4, -0.2) is 37.4 Å². The van der Waals surface area contributed by atoms with Gasteiger partial charge in [-0.2, -0.15) is 0 Å². The third-order valence-electron chi connectivity index (χ3n) is 2.70. The minimum Gasteiger partial charge on any atom is -0.497 e. The van der Waals surface area contributed by atoms with Gasteiger partial charge in [0.05, 0.1) is 7.11 Å². The van der Waals surface area contributed by atoms with Gasteiger partial charge >= 0.3 is 5.97 Å². The molecule has 1 rings (SSSR count). The van der Waals surface area contributed by atoms with E-state index in [1.54, 1.807) is 7.11 Å². The molecule has 1 unspecified atom stereocenters. The van der Waals surface area contributed by atoms with E-state index in [0.717, 1.165) is 17.9 Å². The monoisotopic (exact) mass is 303 g/mol. The molecule has 0 spiro atoms. The fourth-order valence-corrected chi connectivity index (χ4v) is 1.68. The topological polar surface area (TPSA) is 67.8 Å². The third-order valence-corrected chi connectivity index (χ3v) is 2.70. The largest absolute Gasteiger partial charge is 0.497 e. The Bertz CT molecular complexity index is 383. The summed E-state index contributed by atoms with van der Waals surface area (Å²) in [6.07, 6.45) is 1.46. The maximum Gasteiger partial charge on any atom is 0.320 e. The van der Waals surface area contributed by atoms with Gasteiger partial charge in [-0.1, -0.05) is 13.3 Å². The average Bonchev–Trinajstić information content (AvgIpc) is 2.42. The van der Waals surface area contributed by atoms with E-state index in [-0.39, 0.29) is 12.4 Å². The van der Waals surface area contributed by atoms with Crippen LogP contribution in [0.3, 0.4) is 0 Å². The predicted octanol–water partition coefficient (Wildman–Crippen LogP) is 2.34. The molecule has 6 heteroatoms. The second-order valence-electron chi connectivity index (χ2n) is 4.16. The van der Waals surface area contributed by atoms with E-state index in [9.17, 15) is 4.79 Å². The molecule has 0 bridgehead atoms. The third kappa shape index (κ3) is 6.63. The van der Waals surface area contributed by atoms with Crippen LogP contribution in [0.4, 0.5) is 0 Å². The van der Waals surface area contributed by atoms with Crippen molar-refractivity contribution in [1.29, 1.82) is 0 Å². The molecule has 0 amide bonds. The molecule has 0 aromatic heterocycles. The maximum atomic E-state index is 10.9. The first-order valence-corrected chi connectivity index (χ1v) is 6.40. The summed E-state index contributed by atoms with van der Waals surface area (Å²) >= 11 is 0. The SMILES string of the molecule is CCCC(NCCOc1ccc(OC)cc1)C(=O)O.Cl. The fraction of sp³-hybridized carbons (Fsp3) is 0.500.